The van der Waals surface area contributed by atoms with Crippen molar-refractivity contribution < 1.29 is 27.1 Å². The van der Waals surface area contributed by atoms with E-state index in [4.69, 9.17) is 9.72 Å². The van der Waals surface area contributed by atoms with E-state index < -0.39 is 17.6 Å². The predicted molar refractivity (Wildman–Crippen MR) is 159 cm³/mol. The molecular weight excluding hydrogens is 564 g/mol. The van der Waals surface area contributed by atoms with Gasteiger partial charge in [-0.2, -0.15) is 13.2 Å². The van der Waals surface area contributed by atoms with E-state index in [1.165, 1.54) is 0 Å². The van der Waals surface area contributed by atoms with E-state index in [0.717, 1.165) is 61.0 Å². The van der Waals surface area contributed by atoms with Gasteiger partial charge in [-0.05, 0) is 94.7 Å². The third kappa shape index (κ3) is 9.45. The molecule has 0 aliphatic heterocycles. The van der Waals surface area contributed by atoms with E-state index in [-0.39, 0.29) is 17.5 Å². The number of nitrogens with zero attached hydrogens (tertiary/aromatic N) is 4. The molecule has 230 valence electrons. The molecule has 1 heterocycles. The van der Waals surface area contributed by atoms with Gasteiger partial charge in [0.05, 0.1) is 29.3 Å². The average molecular weight is 601 g/mol. The number of hydrogen-bond donors (Lipinski definition) is 0. The first-order chi connectivity index (χ1) is 20.4. The van der Waals surface area contributed by atoms with Crippen LogP contribution in [0.2, 0.25) is 0 Å². The predicted octanol–water partition coefficient (Wildman–Crippen LogP) is 5.41. The number of hydrogen-bond acceptors (Lipinski definition) is 6. The van der Waals surface area contributed by atoms with Crippen LogP contribution in [0, 0.1) is 5.82 Å². The summed E-state index contributed by atoms with van der Waals surface area (Å²) < 4.78 is 56.0. The minimum absolute atomic E-state index is 0.0361. The number of methoxy groups -OCH3 is 1. The highest BCUT2D eigenvalue weighted by molar-refractivity contribution is 5.77. The summed E-state index contributed by atoms with van der Waals surface area (Å²) in [4.78, 5) is 32.6. The van der Waals surface area contributed by atoms with Crippen LogP contribution in [-0.2, 0) is 23.8 Å². The van der Waals surface area contributed by atoms with Crippen molar-refractivity contribution in [1.29, 1.82) is 0 Å². The van der Waals surface area contributed by atoms with Gasteiger partial charge < -0.3 is 19.3 Å². The molecule has 0 spiro atoms. The highest BCUT2D eigenvalue weighted by atomic mass is 19.4. The molecule has 4 aromatic rings. The van der Waals surface area contributed by atoms with Gasteiger partial charge in [-0.25, -0.2) is 9.37 Å². The second-order valence-corrected chi connectivity index (χ2v) is 10.3. The number of carbonyl (C=O) groups is 1. The van der Waals surface area contributed by atoms with Gasteiger partial charge in [0.25, 0.3) is 5.56 Å². The van der Waals surface area contributed by atoms with Crippen molar-refractivity contribution in [3.8, 4) is 11.4 Å². The van der Waals surface area contributed by atoms with E-state index in [1.807, 2.05) is 48.5 Å². The lowest BCUT2D eigenvalue weighted by Crippen LogP contribution is -2.29. The Hall–Kier alpha value is -4.09. The first-order valence-corrected chi connectivity index (χ1v) is 13.7. The van der Waals surface area contributed by atoms with Gasteiger partial charge >= 0.3 is 6.18 Å². The minimum Gasteiger partial charge on any atom is -0.497 e. The fraction of sp³-hybridized carbons (Fsp3) is 0.344. The molecule has 0 saturated carbocycles. The van der Waals surface area contributed by atoms with E-state index in [9.17, 15) is 27.2 Å². The maximum Gasteiger partial charge on any atom is 0.419 e. The molecule has 0 fully saturated rings. The molecule has 11 heteroatoms. The lowest BCUT2D eigenvalue weighted by atomic mass is 10.1. The number of carbonyl (C=O) groups excluding carboxylic acids is 1. The number of fused-ring (bicyclic) bond motifs is 1. The highest BCUT2D eigenvalue weighted by Crippen LogP contribution is 2.31. The summed E-state index contributed by atoms with van der Waals surface area (Å²) in [6.45, 7) is 2.92. The molecule has 3 aromatic carbocycles. The second-order valence-electron chi connectivity index (χ2n) is 10.3. The zero-order valence-electron chi connectivity index (χ0n) is 24.7. The Labute approximate surface area is 248 Å². The number of benzene rings is 3. The number of ether oxygens (including phenoxy) is 1. The third-order valence-electron chi connectivity index (χ3n) is 6.70. The second kappa shape index (κ2) is 15.4. The summed E-state index contributed by atoms with van der Waals surface area (Å²) in [5.41, 5.74) is 0.426. The number of alkyl halides is 3. The minimum atomic E-state index is -4.69. The van der Waals surface area contributed by atoms with Crippen LogP contribution in [-0.4, -0.2) is 73.5 Å². The van der Waals surface area contributed by atoms with Crippen LogP contribution in [0.4, 0.5) is 17.6 Å². The van der Waals surface area contributed by atoms with E-state index in [0.29, 0.717) is 24.2 Å². The van der Waals surface area contributed by atoms with Crippen LogP contribution in [0.15, 0.2) is 71.5 Å². The zero-order chi connectivity index (χ0) is 31.6. The van der Waals surface area contributed by atoms with Crippen LogP contribution in [0.1, 0.15) is 23.4 Å². The summed E-state index contributed by atoms with van der Waals surface area (Å²) in [5, 5.41) is 0.631. The number of aldehydes is 1. The fourth-order valence-electron chi connectivity index (χ4n) is 4.42. The smallest absolute Gasteiger partial charge is 0.419 e. The molecule has 0 aliphatic rings. The van der Waals surface area contributed by atoms with Crippen molar-refractivity contribution in [2.45, 2.75) is 25.4 Å². The molecule has 0 amide bonds. The molecule has 0 bridgehead atoms. The number of rotatable bonds is 11. The molecule has 7 nitrogen and oxygen atoms in total. The Bertz CT molecular complexity index is 1550. The van der Waals surface area contributed by atoms with E-state index >= 15 is 0 Å². The summed E-state index contributed by atoms with van der Waals surface area (Å²) in [5.74, 6) is 0.188. The van der Waals surface area contributed by atoms with Crippen LogP contribution >= 0.6 is 0 Å². The first kappa shape index (κ1) is 33.4. The summed E-state index contributed by atoms with van der Waals surface area (Å²) in [6.07, 6.45) is -2.47. The van der Waals surface area contributed by atoms with Crippen molar-refractivity contribution in [3.05, 3.63) is 99.9 Å². The number of halogens is 4. The topological polar surface area (TPSA) is 67.7 Å². The van der Waals surface area contributed by atoms with Crippen molar-refractivity contribution in [2.75, 3.05) is 47.9 Å². The maximum absolute atomic E-state index is 13.3. The Kier molecular flexibility index (Phi) is 12.0. The molecule has 0 radical (unpaired) electrons. The quantitative estimate of drug-likeness (QED) is 0.170. The lowest BCUT2D eigenvalue weighted by Gasteiger charge is -2.19. The van der Waals surface area contributed by atoms with Gasteiger partial charge in [0, 0.05) is 19.4 Å². The fourth-order valence-corrected chi connectivity index (χ4v) is 4.42. The van der Waals surface area contributed by atoms with Crippen LogP contribution < -0.4 is 10.3 Å². The Morgan fingerprint density at radius 3 is 2.26 bits per heavy atom. The Morgan fingerprint density at radius 2 is 1.65 bits per heavy atom. The van der Waals surface area contributed by atoms with Crippen LogP contribution in [0.25, 0.3) is 16.6 Å². The summed E-state index contributed by atoms with van der Waals surface area (Å²) in [6, 6.07) is 17.5. The van der Waals surface area contributed by atoms with Gasteiger partial charge in [-0.15, -0.1) is 0 Å². The van der Waals surface area contributed by atoms with Crippen LogP contribution in [0.3, 0.4) is 0 Å². The number of likely N-dealkylation sites (N-methyl/N-ethyl adjacent to an activating group) is 1. The number of para-hydroxylation sites is 1. The lowest BCUT2D eigenvalue weighted by molar-refractivity contribution is -0.140. The monoisotopic (exact) mass is 600 g/mol. The molecule has 1 aromatic heterocycles. The van der Waals surface area contributed by atoms with E-state index in [2.05, 4.69) is 30.9 Å². The third-order valence-corrected chi connectivity index (χ3v) is 6.70. The molecule has 4 rings (SSSR count). The van der Waals surface area contributed by atoms with Crippen molar-refractivity contribution in [2.24, 2.45) is 0 Å². The highest BCUT2D eigenvalue weighted by Gasteiger charge is 2.33. The van der Waals surface area contributed by atoms with Gasteiger partial charge in [0.2, 0.25) is 0 Å². The molecule has 0 N–H and O–H groups in total. The Morgan fingerprint density at radius 1 is 0.953 bits per heavy atom. The molecule has 0 unspecified atom stereocenters. The maximum atomic E-state index is 13.3. The average Bonchev–Trinajstić information content (AvgIpc) is 2.96. The summed E-state index contributed by atoms with van der Waals surface area (Å²) >= 11 is 0. The first-order valence-electron chi connectivity index (χ1n) is 13.7. The van der Waals surface area contributed by atoms with Gasteiger partial charge in [-0.1, -0.05) is 18.2 Å². The number of aromatic nitrogens is 2. The molecular formula is C32H36F4N4O3. The Balaban J connectivity index is 0.000000303. The largest absolute Gasteiger partial charge is 0.497 e. The summed E-state index contributed by atoms with van der Waals surface area (Å²) in [7, 11) is 7.93. The SMILES string of the molecule is COc1ccc(-n2c(CCN(C)CCCN(C)C)nc3ccccc3c2=O)cc1.O=CCc1ccc(C(F)(F)F)c(F)c1. The zero-order valence-corrected chi connectivity index (χ0v) is 24.7. The molecule has 0 saturated heterocycles. The normalized spacial score (nSPS) is 11.5. The van der Waals surface area contributed by atoms with Gasteiger partial charge in [0.1, 0.15) is 23.7 Å². The molecule has 43 heavy (non-hydrogen) atoms. The molecule has 0 atom stereocenters. The van der Waals surface area contributed by atoms with Crippen molar-refractivity contribution >= 4 is 17.2 Å². The van der Waals surface area contributed by atoms with Gasteiger partial charge in [-0.3, -0.25) is 9.36 Å². The molecule has 0 aliphatic carbocycles. The van der Waals surface area contributed by atoms with E-state index in [1.54, 1.807) is 11.7 Å². The van der Waals surface area contributed by atoms with Crippen molar-refractivity contribution in [1.82, 2.24) is 19.4 Å². The van der Waals surface area contributed by atoms with Crippen LogP contribution in [0.5, 0.6) is 5.75 Å². The van der Waals surface area contributed by atoms with Gasteiger partial charge in [0.15, 0.2) is 0 Å². The van der Waals surface area contributed by atoms with Crippen molar-refractivity contribution in [3.63, 3.8) is 0 Å². The standard InChI is InChI=1S/C23H30N4O2.C9H6F4O/c1-25(2)15-7-16-26(3)17-14-22-24-21-9-6-5-8-20(21)23(28)27(22)18-10-12-19(29-4)13-11-18;10-8-5-6(3-4-14)1-2-7(8)9(11,12)13/h5-6,8-13H,7,14-17H2,1-4H3;1-2,4-5H,3H2.